The lowest BCUT2D eigenvalue weighted by atomic mass is 9.98. The third-order valence-corrected chi connectivity index (χ3v) is 4.52. The molecule has 1 aromatic rings. The highest BCUT2D eigenvalue weighted by Gasteiger charge is 2.25. The van der Waals surface area contributed by atoms with Crippen molar-refractivity contribution < 1.29 is 9.53 Å². The van der Waals surface area contributed by atoms with Crippen LogP contribution in [0.2, 0.25) is 0 Å². The summed E-state index contributed by atoms with van der Waals surface area (Å²) in [4.78, 5) is 14.1. The van der Waals surface area contributed by atoms with Crippen LogP contribution in [-0.2, 0) is 17.6 Å². The van der Waals surface area contributed by atoms with Crippen molar-refractivity contribution in [1.29, 1.82) is 0 Å². The SMILES string of the molecule is CC(=O)C1CCCCN1CCc1ccc2c(c1)CCO2. The molecular formula is C17H23NO2. The van der Waals surface area contributed by atoms with Crippen LogP contribution in [0, 0.1) is 0 Å². The van der Waals surface area contributed by atoms with Gasteiger partial charge in [-0.25, -0.2) is 0 Å². The molecule has 3 heteroatoms. The van der Waals surface area contributed by atoms with E-state index in [1.165, 1.54) is 24.0 Å². The summed E-state index contributed by atoms with van der Waals surface area (Å²) in [5.41, 5.74) is 2.70. The fourth-order valence-electron chi connectivity index (χ4n) is 3.39. The van der Waals surface area contributed by atoms with Crippen LogP contribution in [0.15, 0.2) is 18.2 Å². The second kappa shape index (κ2) is 5.96. The molecule has 2 aliphatic rings. The van der Waals surface area contributed by atoms with E-state index in [1.807, 2.05) is 0 Å². The summed E-state index contributed by atoms with van der Waals surface area (Å²) >= 11 is 0. The van der Waals surface area contributed by atoms with E-state index in [1.54, 1.807) is 6.92 Å². The predicted octanol–water partition coefficient (Wildman–Crippen LogP) is 2.61. The first kappa shape index (κ1) is 13.6. The molecule has 0 amide bonds. The van der Waals surface area contributed by atoms with Gasteiger partial charge in [0.25, 0.3) is 0 Å². The summed E-state index contributed by atoms with van der Waals surface area (Å²) in [5.74, 6) is 1.38. The van der Waals surface area contributed by atoms with Crippen molar-refractivity contribution in [2.75, 3.05) is 19.7 Å². The van der Waals surface area contributed by atoms with Crippen molar-refractivity contribution in [3.63, 3.8) is 0 Å². The van der Waals surface area contributed by atoms with E-state index in [9.17, 15) is 4.79 Å². The number of ether oxygens (including phenoxy) is 1. The van der Waals surface area contributed by atoms with E-state index >= 15 is 0 Å². The third kappa shape index (κ3) is 2.88. The van der Waals surface area contributed by atoms with Gasteiger partial charge in [0.15, 0.2) is 0 Å². The van der Waals surface area contributed by atoms with Gasteiger partial charge >= 0.3 is 0 Å². The van der Waals surface area contributed by atoms with E-state index in [2.05, 4.69) is 23.1 Å². The quantitative estimate of drug-likeness (QED) is 0.844. The molecule has 2 heterocycles. The molecule has 0 aliphatic carbocycles. The van der Waals surface area contributed by atoms with Crippen molar-refractivity contribution in [2.45, 2.75) is 45.1 Å². The molecular weight excluding hydrogens is 250 g/mol. The van der Waals surface area contributed by atoms with Gasteiger partial charge in [0.1, 0.15) is 11.5 Å². The Morgan fingerprint density at radius 3 is 3.15 bits per heavy atom. The van der Waals surface area contributed by atoms with E-state index in [0.29, 0.717) is 5.78 Å². The molecule has 0 saturated carbocycles. The van der Waals surface area contributed by atoms with Crippen molar-refractivity contribution in [3.05, 3.63) is 29.3 Å². The van der Waals surface area contributed by atoms with E-state index < -0.39 is 0 Å². The van der Waals surface area contributed by atoms with Gasteiger partial charge in [-0.2, -0.15) is 0 Å². The average Bonchev–Trinajstić information content (AvgIpc) is 2.92. The van der Waals surface area contributed by atoms with Crippen LogP contribution in [-0.4, -0.2) is 36.4 Å². The van der Waals surface area contributed by atoms with Gasteiger partial charge in [0, 0.05) is 13.0 Å². The molecule has 1 atom stereocenters. The summed E-state index contributed by atoms with van der Waals surface area (Å²) in [5, 5.41) is 0. The van der Waals surface area contributed by atoms with Crippen LogP contribution in [0.25, 0.3) is 0 Å². The number of fused-ring (bicyclic) bond motifs is 1. The number of likely N-dealkylation sites (tertiary alicyclic amines) is 1. The molecule has 1 saturated heterocycles. The molecule has 0 bridgehead atoms. The molecule has 0 N–H and O–H groups in total. The first-order chi connectivity index (χ1) is 9.74. The Bertz CT molecular complexity index is 498. The van der Waals surface area contributed by atoms with Crippen molar-refractivity contribution in [2.24, 2.45) is 0 Å². The molecule has 3 nitrogen and oxygen atoms in total. The lowest BCUT2D eigenvalue weighted by Gasteiger charge is -2.34. The number of piperidine rings is 1. The topological polar surface area (TPSA) is 29.5 Å². The van der Waals surface area contributed by atoms with E-state index in [0.717, 1.165) is 44.7 Å². The van der Waals surface area contributed by atoms with Crippen LogP contribution >= 0.6 is 0 Å². The summed E-state index contributed by atoms with van der Waals surface area (Å²) in [6.07, 6.45) is 5.51. The lowest BCUT2D eigenvalue weighted by molar-refractivity contribution is -0.123. The molecule has 1 aromatic carbocycles. The first-order valence-corrected chi connectivity index (χ1v) is 7.73. The summed E-state index contributed by atoms with van der Waals surface area (Å²) in [6, 6.07) is 6.68. The highest BCUT2D eigenvalue weighted by atomic mass is 16.5. The Kier molecular flexibility index (Phi) is 4.06. The van der Waals surface area contributed by atoms with Gasteiger partial charge in [-0.05, 0) is 49.9 Å². The van der Waals surface area contributed by atoms with Crippen LogP contribution in [0.4, 0.5) is 0 Å². The Morgan fingerprint density at radius 1 is 1.40 bits per heavy atom. The number of carbonyl (C=O) groups is 1. The maximum Gasteiger partial charge on any atom is 0.146 e. The Hall–Kier alpha value is -1.35. The molecule has 1 fully saturated rings. The lowest BCUT2D eigenvalue weighted by Crippen LogP contribution is -2.44. The predicted molar refractivity (Wildman–Crippen MR) is 79.2 cm³/mol. The molecule has 0 spiro atoms. The van der Waals surface area contributed by atoms with Crippen LogP contribution in [0.5, 0.6) is 5.75 Å². The Balaban J connectivity index is 1.62. The number of carbonyl (C=O) groups excluding carboxylic acids is 1. The maximum atomic E-state index is 11.7. The maximum absolute atomic E-state index is 11.7. The Labute approximate surface area is 120 Å². The fourth-order valence-corrected chi connectivity index (χ4v) is 3.39. The van der Waals surface area contributed by atoms with E-state index in [4.69, 9.17) is 4.74 Å². The fraction of sp³-hybridized carbons (Fsp3) is 0.588. The highest BCUT2D eigenvalue weighted by molar-refractivity contribution is 5.81. The number of hydrogen-bond acceptors (Lipinski definition) is 3. The molecule has 0 radical (unpaired) electrons. The number of benzene rings is 1. The standard InChI is InChI=1S/C17H23NO2/c1-13(19)16-4-2-3-9-18(16)10-7-14-5-6-17-15(12-14)8-11-20-17/h5-6,12,16H,2-4,7-11H2,1H3. The highest BCUT2D eigenvalue weighted by Crippen LogP contribution is 2.26. The second-order valence-electron chi connectivity index (χ2n) is 5.95. The van der Waals surface area contributed by atoms with Crippen LogP contribution < -0.4 is 4.74 Å². The monoisotopic (exact) mass is 273 g/mol. The molecule has 108 valence electrons. The zero-order valence-corrected chi connectivity index (χ0v) is 12.2. The molecule has 3 rings (SSSR count). The van der Waals surface area contributed by atoms with Crippen LogP contribution in [0.3, 0.4) is 0 Å². The van der Waals surface area contributed by atoms with Crippen molar-refractivity contribution in [3.8, 4) is 5.75 Å². The Morgan fingerprint density at radius 2 is 2.30 bits per heavy atom. The summed E-state index contributed by atoms with van der Waals surface area (Å²) in [7, 11) is 0. The minimum absolute atomic E-state index is 0.154. The average molecular weight is 273 g/mol. The number of nitrogens with zero attached hydrogens (tertiary/aromatic N) is 1. The minimum Gasteiger partial charge on any atom is -0.493 e. The first-order valence-electron chi connectivity index (χ1n) is 7.73. The second-order valence-corrected chi connectivity index (χ2v) is 5.95. The largest absolute Gasteiger partial charge is 0.493 e. The van der Waals surface area contributed by atoms with Gasteiger partial charge in [0.2, 0.25) is 0 Å². The van der Waals surface area contributed by atoms with E-state index in [-0.39, 0.29) is 6.04 Å². The number of hydrogen-bond donors (Lipinski definition) is 0. The molecule has 1 unspecified atom stereocenters. The normalized spacial score (nSPS) is 22.4. The van der Waals surface area contributed by atoms with Gasteiger partial charge < -0.3 is 4.74 Å². The van der Waals surface area contributed by atoms with Gasteiger partial charge in [0.05, 0.1) is 12.6 Å². The third-order valence-electron chi connectivity index (χ3n) is 4.52. The van der Waals surface area contributed by atoms with Crippen molar-refractivity contribution in [1.82, 2.24) is 4.90 Å². The summed E-state index contributed by atoms with van der Waals surface area (Å²) in [6.45, 7) is 4.61. The zero-order valence-electron chi connectivity index (χ0n) is 12.2. The number of Topliss-reactive ketones (excluding diaryl/α,β-unsaturated/α-hetero) is 1. The van der Waals surface area contributed by atoms with Crippen LogP contribution in [0.1, 0.15) is 37.3 Å². The minimum atomic E-state index is 0.154. The smallest absolute Gasteiger partial charge is 0.146 e. The molecule has 20 heavy (non-hydrogen) atoms. The van der Waals surface area contributed by atoms with Gasteiger partial charge in [-0.15, -0.1) is 0 Å². The number of ketones is 1. The summed E-state index contributed by atoms with van der Waals surface area (Å²) < 4.78 is 5.54. The zero-order chi connectivity index (χ0) is 13.9. The van der Waals surface area contributed by atoms with Crippen molar-refractivity contribution >= 4 is 5.78 Å². The molecule has 2 aliphatic heterocycles. The van der Waals surface area contributed by atoms with Gasteiger partial charge in [-0.1, -0.05) is 18.6 Å². The molecule has 0 aromatic heterocycles. The number of rotatable bonds is 4. The van der Waals surface area contributed by atoms with Gasteiger partial charge in [-0.3, -0.25) is 9.69 Å².